The largest absolute Gasteiger partial charge is 0.496 e. The molecule has 0 bridgehead atoms. The molecule has 21 heavy (non-hydrogen) atoms. The van der Waals surface area contributed by atoms with Crippen LogP contribution in [0.5, 0.6) is 5.75 Å². The molecule has 0 amide bonds. The van der Waals surface area contributed by atoms with E-state index in [9.17, 15) is 9.90 Å². The number of hydrogen-bond donors (Lipinski definition) is 1. The fourth-order valence-corrected chi connectivity index (χ4v) is 3.15. The maximum atomic E-state index is 11.5. The highest BCUT2D eigenvalue weighted by Crippen LogP contribution is 2.31. The van der Waals surface area contributed by atoms with E-state index in [0.717, 1.165) is 31.6 Å². The topological polar surface area (TPSA) is 49.8 Å². The predicted molar refractivity (Wildman–Crippen MR) is 82.7 cm³/mol. The number of nitrogens with zero attached hydrogens (tertiary/aromatic N) is 1. The zero-order valence-electron chi connectivity index (χ0n) is 13.1. The summed E-state index contributed by atoms with van der Waals surface area (Å²) in [6.45, 7) is 5.62. The fourth-order valence-electron chi connectivity index (χ4n) is 3.15. The van der Waals surface area contributed by atoms with Crippen molar-refractivity contribution in [3.63, 3.8) is 0 Å². The van der Waals surface area contributed by atoms with Crippen molar-refractivity contribution in [2.75, 3.05) is 20.2 Å². The standard InChI is InChI=1S/C17H25NO3/c1-13(11-14-7-4-5-8-15(14)21-3)18-10-6-9-17(2,12-18)16(19)20/h4-5,7-8,13H,6,9-12H2,1-3H3,(H,19,20). The number of carboxylic acid groups (broad SMARTS) is 1. The highest BCUT2D eigenvalue weighted by Gasteiger charge is 2.39. The van der Waals surface area contributed by atoms with E-state index in [2.05, 4.69) is 17.9 Å². The van der Waals surface area contributed by atoms with Crippen LogP contribution in [-0.4, -0.2) is 42.2 Å². The number of ether oxygens (including phenoxy) is 1. The predicted octanol–water partition coefficient (Wildman–Crippen LogP) is 2.81. The minimum atomic E-state index is -0.684. The summed E-state index contributed by atoms with van der Waals surface area (Å²) in [7, 11) is 1.69. The van der Waals surface area contributed by atoms with Gasteiger partial charge in [-0.2, -0.15) is 0 Å². The molecule has 116 valence electrons. The lowest BCUT2D eigenvalue weighted by atomic mass is 9.81. The van der Waals surface area contributed by atoms with E-state index in [1.807, 2.05) is 25.1 Å². The van der Waals surface area contributed by atoms with Gasteiger partial charge in [0.2, 0.25) is 0 Å². The van der Waals surface area contributed by atoms with Crippen molar-refractivity contribution in [1.29, 1.82) is 0 Å². The van der Waals surface area contributed by atoms with E-state index >= 15 is 0 Å². The first-order valence-corrected chi connectivity index (χ1v) is 7.55. The van der Waals surface area contributed by atoms with Gasteiger partial charge in [0.05, 0.1) is 12.5 Å². The molecule has 0 radical (unpaired) electrons. The van der Waals surface area contributed by atoms with Crippen LogP contribution < -0.4 is 4.74 Å². The van der Waals surface area contributed by atoms with Gasteiger partial charge < -0.3 is 9.84 Å². The summed E-state index contributed by atoms with van der Waals surface area (Å²) in [5.41, 5.74) is 0.558. The Morgan fingerprint density at radius 3 is 2.86 bits per heavy atom. The number of rotatable bonds is 5. The van der Waals surface area contributed by atoms with Gasteiger partial charge >= 0.3 is 5.97 Å². The van der Waals surface area contributed by atoms with Crippen LogP contribution in [0.25, 0.3) is 0 Å². The Kier molecular flexibility index (Phi) is 4.88. The van der Waals surface area contributed by atoms with Crippen molar-refractivity contribution < 1.29 is 14.6 Å². The number of benzene rings is 1. The molecule has 4 heteroatoms. The van der Waals surface area contributed by atoms with E-state index in [-0.39, 0.29) is 0 Å². The highest BCUT2D eigenvalue weighted by molar-refractivity contribution is 5.74. The molecule has 1 aromatic rings. The summed E-state index contributed by atoms with van der Waals surface area (Å²) in [4.78, 5) is 13.8. The SMILES string of the molecule is COc1ccccc1CC(C)N1CCCC(C)(C(=O)O)C1. The lowest BCUT2D eigenvalue weighted by Gasteiger charge is -2.40. The van der Waals surface area contributed by atoms with Gasteiger partial charge in [-0.05, 0) is 51.3 Å². The number of hydrogen-bond acceptors (Lipinski definition) is 3. The second kappa shape index (κ2) is 6.48. The Balaban J connectivity index is 2.06. The minimum absolute atomic E-state index is 0.306. The van der Waals surface area contributed by atoms with Gasteiger partial charge in [-0.15, -0.1) is 0 Å². The number of carboxylic acids is 1. The normalized spacial score (nSPS) is 24.5. The molecule has 1 aromatic carbocycles. The maximum absolute atomic E-state index is 11.5. The van der Waals surface area contributed by atoms with Gasteiger partial charge in [-0.25, -0.2) is 0 Å². The van der Waals surface area contributed by atoms with E-state index in [1.54, 1.807) is 7.11 Å². The van der Waals surface area contributed by atoms with Gasteiger partial charge in [0, 0.05) is 12.6 Å². The number of methoxy groups -OCH3 is 1. The molecule has 1 aliphatic heterocycles. The first-order chi connectivity index (χ1) is 9.96. The second-order valence-corrected chi connectivity index (χ2v) is 6.30. The average Bonchev–Trinajstić information content (AvgIpc) is 2.47. The Bertz CT molecular complexity index is 503. The second-order valence-electron chi connectivity index (χ2n) is 6.30. The molecule has 1 heterocycles. The molecule has 1 aliphatic rings. The molecular formula is C17H25NO3. The molecule has 2 unspecified atom stereocenters. The van der Waals surface area contributed by atoms with Gasteiger partial charge in [-0.3, -0.25) is 9.69 Å². The van der Waals surface area contributed by atoms with E-state index in [0.29, 0.717) is 12.6 Å². The Morgan fingerprint density at radius 1 is 1.48 bits per heavy atom. The number of carbonyl (C=O) groups is 1. The molecule has 0 spiro atoms. The van der Waals surface area contributed by atoms with E-state index < -0.39 is 11.4 Å². The zero-order chi connectivity index (χ0) is 15.5. The van der Waals surface area contributed by atoms with Crippen molar-refractivity contribution in [3.8, 4) is 5.75 Å². The summed E-state index contributed by atoms with van der Waals surface area (Å²) >= 11 is 0. The quantitative estimate of drug-likeness (QED) is 0.906. The monoisotopic (exact) mass is 291 g/mol. The van der Waals surface area contributed by atoms with Crippen molar-refractivity contribution >= 4 is 5.97 Å². The van der Waals surface area contributed by atoms with Crippen molar-refractivity contribution in [1.82, 2.24) is 4.90 Å². The average molecular weight is 291 g/mol. The van der Waals surface area contributed by atoms with Crippen LogP contribution >= 0.6 is 0 Å². The molecule has 0 aliphatic carbocycles. The van der Waals surface area contributed by atoms with E-state index in [1.165, 1.54) is 5.56 Å². The van der Waals surface area contributed by atoms with Crippen LogP contribution in [0.4, 0.5) is 0 Å². The summed E-state index contributed by atoms with van der Waals surface area (Å²) in [5.74, 6) is 0.221. The van der Waals surface area contributed by atoms with Crippen LogP contribution in [0.15, 0.2) is 24.3 Å². The minimum Gasteiger partial charge on any atom is -0.496 e. The summed E-state index contributed by atoms with van der Waals surface area (Å²) in [6.07, 6.45) is 2.58. The molecule has 1 fully saturated rings. The first kappa shape index (κ1) is 15.8. The van der Waals surface area contributed by atoms with Gasteiger partial charge in [0.25, 0.3) is 0 Å². The molecule has 2 rings (SSSR count). The summed E-state index contributed by atoms with van der Waals surface area (Å²) in [6, 6.07) is 8.34. The van der Waals surface area contributed by atoms with Crippen LogP contribution in [0.1, 0.15) is 32.3 Å². The molecule has 1 N–H and O–H groups in total. The van der Waals surface area contributed by atoms with Gasteiger partial charge in [0.15, 0.2) is 0 Å². The third-order valence-electron chi connectivity index (χ3n) is 4.57. The molecule has 4 nitrogen and oxygen atoms in total. The highest BCUT2D eigenvalue weighted by atomic mass is 16.5. The van der Waals surface area contributed by atoms with Crippen LogP contribution in [0.3, 0.4) is 0 Å². The summed E-state index contributed by atoms with van der Waals surface area (Å²) in [5, 5.41) is 9.42. The fraction of sp³-hybridized carbons (Fsp3) is 0.588. The third kappa shape index (κ3) is 3.56. The van der Waals surface area contributed by atoms with Crippen LogP contribution in [-0.2, 0) is 11.2 Å². The Morgan fingerprint density at radius 2 is 2.19 bits per heavy atom. The number of likely N-dealkylation sites (tertiary alicyclic amines) is 1. The molecular weight excluding hydrogens is 266 g/mol. The van der Waals surface area contributed by atoms with Gasteiger partial charge in [-0.1, -0.05) is 18.2 Å². The lowest BCUT2D eigenvalue weighted by molar-refractivity contribution is -0.151. The first-order valence-electron chi connectivity index (χ1n) is 7.55. The van der Waals surface area contributed by atoms with Gasteiger partial charge in [0.1, 0.15) is 5.75 Å². The van der Waals surface area contributed by atoms with E-state index in [4.69, 9.17) is 4.74 Å². The number of para-hydroxylation sites is 1. The summed E-state index contributed by atoms with van der Waals surface area (Å²) < 4.78 is 5.40. The Hall–Kier alpha value is -1.55. The van der Waals surface area contributed by atoms with Crippen molar-refractivity contribution in [2.45, 2.75) is 39.2 Å². The molecule has 0 aromatic heterocycles. The van der Waals surface area contributed by atoms with Crippen molar-refractivity contribution in [2.24, 2.45) is 5.41 Å². The van der Waals surface area contributed by atoms with Crippen molar-refractivity contribution in [3.05, 3.63) is 29.8 Å². The molecule has 0 saturated carbocycles. The maximum Gasteiger partial charge on any atom is 0.310 e. The lowest BCUT2D eigenvalue weighted by Crippen LogP contribution is -2.49. The van der Waals surface area contributed by atoms with Crippen LogP contribution in [0, 0.1) is 5.41 Å². The van der Waals surface area contributed by atoms with Crippen LogP contribution in [0.2, 0.25) is 0 Å². The zero-order valence-corrected chi connectivity index (χ0v) is 13.1. The third-order valence-corrected chi connectivity index (χ3v) is 4.57. The Labute approximate surface area is 126 Å². The molecule has 1 saturated heterocycles. The molecule has 2 atom stereocenters. The number of aliphatic carboxylic acids is 1. The smallest absolute Gasteiger partial charge is 0.310 e. The number of piperidine rings is 1.